The quantitative estimate of drug-likeness (QED) is 0.603. The Bertz CT molecular complexity index is 655. The fraction of sp³-hybridized carbons (Fsp3) is 0.154. The molecule has 3 rings (SSSR count). The predicted octanol–water partition coefficient (Wildman–Crippen LogP) is 0.0115. The highest BCUT2D eigenvalue weighted by Crippen LogP contribution is 2.32. The smallest absolute Gasteiger partial charge is 0.343 e. The van der Waals surface area contributed by atoms with Gasteiger partial charge in [-0.25, -0.2) is 9.80 Å². The number of carbonyl (C=O) groups excluding carboxylic acids is 3. The third kappa shape index (κ3) is 2.78. The zero-order valence-electron chi connectivity index (χ0n) is 10.8. The van der Waals surface area contributed by atoms with Crippen LogP contribution in [0.4, 0.5) is 4.79 Å². The van der Waals surface area contributed by atoms with E-state index in [0.29, 0.717) is 11.5 Å². The maximum atomic E-state index is 11.7. The van der Waals surface area contributed by atoms with Crippen LogP contribution in [0.5, 0.6) is 11.5 Å². The van der Waals surface area contributed by atoms with Gasteiger partial charge in [-0.3, -0.25) is 20.3 Å². The molecule has 0 bridgehead atoms. The number of hydrazine groups is 1. The minimum atomic E-state index is -0.648. The average Bonchev–Trinajstić information content (AvgIpc) is 3.02. The van der Waals surface area contributed by atoms with E-state index in [9.17, 15) is 14.4 Å². The van der Waals surface area contributed by atoms with Crippen LogP contribution < -0.4 is 20.2 Å². The lowest BCUT2D eigenvalue weighted by molar-refractivity contribution is -0.121. The highest BCUT2D eigenvalue weighted by Gasteiger charge is 2.27. The molecule has 0 radical (unpaired) electrons. The number of carbonyl (C=O) groups is 3. The second-order valence-corrected chi connectivity index (χ2v) is 4.36. The van der Waals surface area contributed by atoms with Crippen LogP contribution in [0.3, 0.4) is 0 Å². The third-order valence-electron chi connectivity index (χ3n) is 2.86. The molecule has 0 unspecified atom stereocenters. The van der Waals surface area contributed by atoms with Crippen molar-refractivity contribution in [1.82, 2.24) is 15.8 Å². The Labute approximate surface area is 119 Å². The van der Waals surface area contributed by atoms with E-state index in [1.807, 2.05) is 0 Å². The Morgan fingerprint density at radius 1 is 1.29 bits per heavy atom. The van der Waals surface area contributed by atoms with E-state index in [-0.39, 0.29) is 13.3 Å². The molecule has 1 aromatic rings. The van der Waals surface area contributed by atoms with Gasteiger partial charge < -0.3 is 9.47 Å². The standard InChI is InChI=1S/C13H11N3O5/c17-11(15-16-6-12(18)14-13(16)19)4-2-8-1-3-9-10(5-8)21-7-20-9/h1-5H,6-7H2,(H,15,17)(H,14,18,19). The van der Waals surface area contributed by atoms with Gasteiger partial charge in [-0.15, -0.1) is 0 Å². The molecule has 1 fully saturated rings. The van der Waals surface area contributed by atoms with Crippen molar-refractivity contribution in [3.63, 3.8) is 0 Å². The number of imide groups is 1. The summed E-state index contributed by atoms with van der Waals surface area (Å²) in [7, 11) is 0. The lowest BCUT2D eigenvalue weighted by atomic mass is 10.2. The first-order chi connectivity index (χ1) is 10.1. The molecular formula is C13H11N3O5. The van der Waals surface area contributed by atoms with Crippen molar-refractivity contribution in [3.8, 4) is 11.5 Å². The highest BCUT2D eigenvalue weighted by molar-refractivity contribution is 6.03. The Balaban J connectivity index is 1.62. The molecule has 8 heteroatoms. The normalized spacial score (nSPS) is 16.5. The number of ether oxygens (including phenoxy) is 2. The number of hydrogen-bond acceptors (Lipinski definition) is 5. The van der Waals surface area contributed by atoms with Gasteiger partial charge in [0.1, 0.15) is 6.54 Å². The van der Waals surface area contributed by atoms with Crippen molar-refractivity contribution >= 4 is 23.9 Å². The molecular weight excluding hydrogens is 278 g/mol. The largest absolute Gasteiger partial charge is 0.454 e. The maximum absolute atomic E-state index is 11.7. The van der Waals surface area contributed by atoms with Crippen molar-refractivity contribution in [1.29, 1.82) is 0 Å². The zero-order chi connectivity index (χ0) is 14.8. The first kappa shape index (κ1) is 13.0. The van der Waals surface area contributed by atoms with Gasteiger partial charge in [-0.05, 0) is 23.8 Å². The minimum absolute atomic E-state index is 0.182. The SMILES string of the molecule is O=C(C=Cc1ccc2c(c1)OCO2)NN1CC(=O)NC1=O. The summed E-state index contributed by atoms with van der Waals surface area (Å²) >= 11 is 0. The summed E-state index contributed by atoms with van der Waals surface area (Å²) in [4.78, 5) is 33.9. The van der Waals surface area contributed by atoms with Crippen LogP contribution in [0.25, 0.3) is 6.08 Å². The van der Waals surface area contributed by atoms with Crippen molar-refractivity contribution in [2.75, 3.05) is 13.3 Å². The van der Waals surface area contributed by atoms with E-state index < -0.39 is 17.8 Å². The summed E-state index contributed by atoms with van der Waals surface area (Å²) < 4.78 is 10.4. The molecule has 1 saturated heterocycles. The fourth-order valence-electron chi connectivity index (χ4n) is 1.89. The highest BCUT2D eigenvalue weighted by atomic mass is 16.7. The van der Waals surface area contributed by atoms with E-state index in [0.717, 1.165) is 10.6 Å². The monoisotopic (exact) mass is 289 g/mol. The summed E-state index contributed by atoms with van der Waals surface area (Å²) in [5.41, 5.74) is 3.05. The number of hydrogen-bond donors (Lipinski definition) is 2. The van der Waals surface area contributed by atoms with E-state index >= 15 is 0 Å². The van der Waals surface area contributed by atoms with E-state index in [1.165, 1.54) is 6.08 Å². The summed E-state index contributed by atoms with van der Waals surface area (Å²) in [5.74, 6) is 0.295. The molecule has 21 heavy (non-hydrogen) atoms. The number of urea groups is 1. The maximum Gasteiger partial charge on any atom is 0.343 e. The lowest BCUT2D eigenvalue weighted by Crippen LogP contribution is -2.43. The summed E-state index contributed by atoms with van der Waals surface area (Å²) in [6.45, 7) is -0.0104. The average molecular weight is 289 g/mol. The second kappa shape index (κ2) is 5.16. The van der Waals surface area contributed by atoms with Crippen LogP contribution in [-0.4, -0.2) is 36.2 Å². The van der Waals surface area contributed by atoms with E-state index in [1.54, 1.807) is 24.3 Å². The van der Waals surface area contributed by atoms with Gasteiger partial charge >= 0.3 is 6.03 Å². The summed E-state index contributed by atoms with van der Waals surface area (Å²) in [6, 6.07) is 4.60. The molecule has 0 aliphatic carbocycles. The van der Waals surface area contributed by atoms with Gasteiger partial charge in [0.25, 0.3) is 5.91 Å². The topological polar surface area (TPSA) is 97.0 Å². The predicted molar refractivity (Wildman–Crippen MR) is 70.0 cm³/mol. The molecule has 0 atom stereocenters. The lowest BCUT2D eigenvalue weighted by Gasteiger charge is -2.12. The van der Waals surface area contributed by atoms with Gasteiger partial charge in [0.15, 0.2) is 11.5 Å². The molecule has 2 N–H and O–H groups in total. The van der Waals surface area contributed by atoms with Crippen molar-refractivity contribution in [2.45, 2.75) is 0 Å². The molecule has 0 saturated carbocycles. The second-order valence-electron chi connectivity index (χ2n) is 4.36. The number of nitrogens with one attached hydrogen (secondary N) is 2. The Morgan fingerprint density at radius 3 is 2.86 bits per heavy atom. The number of benzene rings is 1. The van der Waals surface area contributed by atoms with Gasteiger partial charge in [-0.2, -0.15) is 0 Å². The fourth-order valence-corrected chi connectivity index (χ4v) is 1.89. The van der Waals surface area contributed by atoms with Crippen molar-refractivity contribution in [3.05, 3.63) is 29.8 Å². The van der Waals surface area contributed by atoms with Crippen LogP contribution in [0.2, 0.25) is 0 Å². The molecule has 1 aromatic carbocycles. The van der Waals surface area contributed by atoms with E-state index in [2.05, 4.69) is 10.7 Å². The Morgan fingerprint density at radius 2 is 2.10 bits per heavy atom. The number of fused-ring (bicyclic) bond motifs is 1. The van der Waals surface area contributed by atoms with Crippen LogP contribution in [0.1, 0.15) is 5.56 Å². The first-order valence-electron chi connectivity index (χ1n) is 6.11. The number of amides is 4. The molecule has 4 amide bonds. The molecule has 0 spiro atoms. The molecule has 0 aromatic heterocycles. The first-order valence-corrected chi connectivity index (χ1v) is 6.11. The van der Waals surface area contributed by atoms with Crippen LogP contribution >= 0.6 is 0 Å². The van der Waals surface area contributed by atoms with E-state index in [4.69, 9.17) is 9.47 Å². The van der Waals surface area contributed by atoms with Crippen LogP contribution in [-0.2, 0) is 9.59 Å². The van der Waals surface area contributed by atoms with Gasteiger partial charge in [0.2, 0.25) is 12.7 Å². The zero-order valence-corrected chi connectivity index (χ0v) is 10.8. The summed E-state index contributed by atoms with van der Waals surface area (Å²) in [6.07, 6.45) is 2.82. The third-order valence-corrected chi connectivity index (χ3v) is 2.86. The summed E-state index contributed by atoms with van der Waals surface area (Å²) in [5, 5.41) is 2.96. The van der Waals surface area contributed by atoms with Gasteiger partial charge in [0, 0.05) is 6.08 Å². The molecule has 2 aliphatic rings. The number of rotatable bonds is 3. The van der Waals surface area contributed by atoms with Gasteiger partial charge in [-0.1, -0.05) is 6.07 Å². The minimum Gasteiger partial charge on any atom is -0.454 e. The number of nitrogens with zero attached hydrogens (tertiary/aromatic N) is 1. The Hall–Kier alpha value is -3.03. The molecule has 2 aliphatic heterocycles. The van der Waals surface area contributed by atoms with Crippen LogP contribution in [0, 0.1) is 0 Å². The Kier molecular flexibility index (Phi) is 3.19. The molecule has 108 valence electrons. The molecule has 8 nitrogen and oxygen atoms in total. The van der Waals surface area contributed by atoms with Gasteiger partial charge in [0.05, 0.1) is 0 Å². The van der Waals surface area contributed by atoms with Crippen molar-refractivity contribution < 1.29 is 23.9 Å². The van der Waals surface area contributed by atoms with Crippen LogP contribution in [0.15, 0.2) is 24.3 Å². The van der Waals surface area contributed by atoms with Crippen molar-refractivity contribution in [2.24, 2.45) is 0 Å². The molecule has 2 heterocycles.